The Labute approximate surface area is 128 Å². The number of anilines is 1. The van der Waals surface area contributed by atoms with Crippen LogP contribution < -0.4 is 10.6 Å². The number of amides is 1. The molecule has 4 heteroatoms. The number of benzene rings is 1. The van der Waals surface area contributed by atoms with E-state index >= 15 is 0 Å². The van der Waals surface area contributed by atoms with Crippen LogP contribution in [0.25, 0.3) is 0 Å². The summed E-state index contributed by atoms with van der Waals surface area (Å²) >= 11 is 0. The van der Waals surface area contributed by atoms with E-state index in [4.69, 9.17) is 4.74 Å². The molecule has 0 saturated heterocycles. The van der Waals surface area contributed by atoms with Crippen molar-refractivity contribution >= 4 is 11.6 Å². The Hall–Kier alpha value is -1.55. The van der Waals surface area contributed by atoms with Gasteiger partial charge < -0.3 is 15.4 Å². The Balaban J connectivity index is 2.41. The molecule has 0 heterocycles. The number of ether oxygens (including phenoxy) is 1. The van der Waals surface area contributed by atoms with Crippen molar-refractivity contribution in [1.82, 2.24) is 5.32 Å². The van der Waals surface area contributed by atoms with Crippen molar-refractivity contribution in [1.29, 1.82) is 0 Å². The van der Waals surface area contributed by atoms with Crippen molar-refractivity contribution in [3.63, 3.8) is 0 Å². The summed E-state index contributed by atoms with van der Waals surface area (Å²) < 4.78 is 5.50. The van der Waals surface area contributed by atoms with Crippen LogP contribution in [0.3, 0.4) is 0 Å². The summed E-state index contributed by atoms with van der Waals surface area (Å²) in [5, 5.41) is 6.18. The van der Waals surface area contributed by atoms with Crippen LogP contribution >= 0.6 is 0 Å². The molecule has 0 bridgehead atoms. The van der Waals surface area contributed by atoms with Crippen molar-refractivity contribution in [3.05, 3.63) is 29.3 Å². The molecular weight excluding hydrogens is 264 g/mol. The fourth-order valence-corrected chi connectivity index (χ4v) is 1.98. The van der Waals surface area contributed by atoms with E-state index in [1.54, 1.807) is 0 Å². The SMILES string of the molecule is CCNc1cc(C)ccc1C(=O)NCCCOCC(C)C. The molecule has 0 saturated carbocycles. The zero-order valence-corrected chi connectivity index (χ0v) is 13.7. The number of hydrogen-bond acceptors (Lipinski definition) is 3. The molecule has 1 aromatic carbocycles. The lowest BCUT2D eigenvalue weighted by molar-refractivity contribution is 0.0925. The van der Waals surface area contributed by atoms with Gasteiger partial charge in [-0.1, -0.05) is 19.9 Å². The van der Waals surface area contributed by atoms with Crippen LogP contribution in [0.5, 0.6) is 0 Å². The van der Waals surface area contributed by atoms with E-state index in [0.717, 1.165) is 30.8 Å². The fourth-order valence-electron chi connectivity index (χ4n) is 1.98. The van der Waals surface area contributed by atoms with Gasteiger partial charge in [-0.25, -0.2) is 0 Å². The van der Waals surface area contributed by atoms with Gasteiger partial charge in [-0.2, -0.15) is 0 Å². The Morgan fingerprint density at radius 3 is 2.76 bits per heavy atom. The summed E-state index contributed by atoms with van der Waals surface area (Å²) in [6, 6.07) is 5.84. The number of aryl methyl sites for hydroxylation is 1. The molecule has 0 aromatic heterocycles. The predicted molar refractivity (Wildman–Crippen MR) is 87.9 cm³/mol. The highest BCUT2D eigenvalue weighted by Crippen LogP contribution is 2.17. The molecule has 0 radical (unpaired) electrons. The minimum Gasteiger partial charge on any atom is -0.385 e. The lowest BCUT2D eigenvalue weighted by atomic mass is 10.1. The lowest BCUT2D eigenvalue weighted by Gasteiger charge is -2.12. The largest absolute Gasteiger partial charge is 0.385 e. The Kier molecular flexibility index (Phi) is 7.83. The van der Waals surface area contributed by atoms with E-state index in [-0.39, 0.29) is 5.91 Å². The molecule has 0 aliphatic carbocycles. The third kappa shape index (κ3) is 6.63. The van der Waals surface area contributed by atoms with Crippen molar-refractivity contribution in [2.75, 3.05) is 31.6 Å². The van der Waals surface area contributed by atoms with E-state index < -0.39 is 0 Å². The van der Waals surface area contributed by atoms with Gasteiger partial charge in [0.05, 0.1) is 5.56 Å². The molecule has 2 N–H and O–H groups in total. The number of hydrogen-bond donors (Lipinski definition) is 2. The average molecular weight is 292 g/mol. The summed E-state index contributed by atoms with van der Waals surface area (Å²) in [5.74, 6) is 0.518. The van der Waals surface area contributed by atoms with E-state index in [1.165, 1.54) is 0 Å². The summed E-state index contributed by atoms with van der Waals surface area (Å²) in [5.41, 5.74) is 2.74. The molecule has 0 fully saturated rings. The molecule has 0 unspecified atom stereocenters. The topological polar surface area (TPSA) is 50.4 Å². The van der Waals surface area contributed by atoms with E-state index in [9.17, 15) is 4.79 Å². The Bertz CT molecular complexity index is 444. The van der Waals surface area contributed by atoms with Gasteiger partial charge in [0.25, 0.3) is 5.91 Å². The second-order valence-electron chi connectivity index (χ2n) is 5.66. The molecule has 1 aromatic rings. The quantitative estimate of drug-likeness (QED) is 0.687. The highest BCUT2D eigenvalue weighted by Gasteiger charge is 2.10. The number of nitrogens with one attached hydrogen (secondary N) is 2. The van der Waals surface area contributed by atoms with E-state index in [0.29, 0.717) is 24.6 Å². The van der Waals surface area contributed by atoms with Gasteiger partial charge >= 0.3 is 0 Å². The monoisotopic (exact) mass is 292 g/mol. The van der Waals surface area contributed by atoms with Crippen LogP contribution in [0.2, 0.25) is 0 Å². The molecule has 0 aliphatic rings. The number of rotatable bonds is 9. The maximum Gasteiger partial charge on any atom is 0.253 e. The fraction of sp³-hybridized carbons (Fsp3) is 0.588. The zero-order valence-electron chi connectivity index (χ0n) is 13.7. The minimum atomic E-state index is -0.0326. The normalized spacial score (nSPS) is 10.7. The highest BCUT2D eigenvalue weighted by atomic mass is 16.5. The second kappa shape index (κ2) is 9.40. The first-order chi connectivity index (χ1) is 10.0. The van der Waals surface area contributed by atoms with Gasteiger partial charge in [-0.05, 0) is 43.9 Å². The van der Waals surface area contributed by atoms with E-state index in [1.807, 2.05) is 32.0 Å². The molecular formula is C17H28N2O2. The van der Waals surface area contributed by atoms with Crippen molar-refractivity contribution in [3.8, 4) is 0 Å². The van der Waals surface area contributed by atoms with Crippen LogP contribution in [0.1, 0.15) is 43.1 Å². The third-order valence-corrected chi connectivity index (χ3v) is 2.99. The van der Waals surface area contributed by atoms with Crippen LogP contribution in [-0.2, 0) is 4.74 Å². The maximum absolute atomic E-state index is 12.2. The molecule has 0 aliphatic heterocycles. The first kappa shape index (κ1) is 17.5. The standard InChI is InChI=1S/C17H28N2O2/c1-5-18-16-11-14(4)7-8-15(16)17(20)19-9-6-10-21-12-13(2)3/h7-8,11,13,18H,5-6,9-10,12H2,1-4H3,(H,19,20). The molecule has 4 nitrogen and oxygen atoms in total. The van der Waals surface area contributed by atoms with E-state index in [2.05, 4.69) is 24.5 Å². The number of carbonyl (C=O) groups is 1. The third-order valence-electron chi connectivity index (χ3n) is 2.99. The van der Waals surface area contributed by atoms with Gasteiger partial charge in [0.15, 0.2) is 0 Å². The van der Waals surface area contributed by atoms with Crippen molar-refractivity contribution in [2.45, 2.75) is 34.1 Å². The molecule has 1 amide bonds. The summed E-state index contributed by atoms with van der Waals surface area (Å²) in [6.07, 6.45) is 0.834. The van der Waals surface area contributed by atoms with Crippen LogP contribution in [0.15, 0.2) is 18.2 Å². The number of carbonyl (C=O) groups excluding carboxylic acids is 1. The molecule has 0 spiro atoms. The van der Waals surface area contributed by atoms with Gasteiger partial charge in [0.1, 0.15) is 0 Å². The van der Waals surface area contributed by atoms with Gasteiger partial charge in [-0.15, -0.1) is 0 Å². The molecule has 1 rings (SSSR count). The first-order valence-electron chi connectivity index (χ1n) is 7.75. The highest BCUT2D eigenvalue weighted by molar-refractivity contribution is 5.99. The van der Waals surface area contributed by atoms with Crippen molar-refractivity contribution < 1.29 is 9.53 Å². The Morgan fingerprint density at radius 2 is 2.10 bits per heavy atom. The zero-order chi connectivity index (χ0) is 15.7. The molecule has 21 heavy (non-hydrogen) atoms. The van der Waals surface area contributed by atoms with Crippen LogP contribution in [0.4, 0.5) is 5.69 Å². The van der Waals surface area contributed by atoms with Gasteiger partial charge in [0.2, 0.25) is 0 Å². The summed E-state index contributed by atoms with van der Waals surface area (Å²) in [7, 11) is 0. The smallest absolute Gasteiger partial charge is 0.253 e. The predicted octanol–water partition coefficient (Wildman–Crippen LogP) is 3.22. The maximum atomic E-state index is 12.2. The average Bonchev–Trinajstić information content (AvgIpc) is 2.42. The second-order valence-corrected chi connectivity index (χ2v) is 5.66. The molecule has 118 valence electrons. The van der Waals surface area contributed by atoms with Gasteiger partial charge in [0, 0.05) is 32.0 Å². The summed E-state index contributed by atoms with van der Waals surface area (Å²) in [6.45, 7) is 11.2. The Morgan fingerprint density at radius 1 is 1.33 bits per heavy atom. The summed E-state index contributed by atoms with van der Waals surface area (Å²) in [4.78, 5) is 12.2. The van der Waals surface area contributed by atoms with Gasteiger partial charge in [-0.3, -0.25) is 4.79 Å². The minimum absolute atomic E-state index is 0.0326. The van der Waals surface area contributed by atoms with Crippen molar-refractivity contribution in [2.24, 2.45) is 5.92 Å². The lowest BCUT2D eigenvalue weighted by Crippen LogP contribution is -2.26. The van der Waals surface area contributed by atoms with Crippen LogP contribution in [0, 0.1) is 12.8 Å². The van der Waals surface area contributed by atoms with Crippen LogP contribution in [-0.4, -0.2) is 32.2 Å². The molecule has 0 atom stereocenters. The first-order valence-corrected chi connectivity index (χ1v) is 7.75.